The zero-order valence-corrected chi connectivity index (χ0v) is 20.9. The van der Waals surface area contributed by atoms with Crippen LogP contribution in [0.15, 0.2) is 52.3 Å². The van der Waals surface area contributed by atoms with Gasteiger partial charge in [0.15, 0.2) is 5.70 Å². The van der Waals surface area contributed by atoms with Gasteiger partial charge in [-0.2, -0.15) is 0 Å². The van der Waals surface area contributed by atoms with Crippen LogP contribution in [-0.4, -0.2) is 84.8 Å². The van der Waals surface area contributed by atoms with Crippen LogP contribution in [0, 0.1) is 0 Å². The summed E-state index contributed by atoms with van der Waals surface area (Å²) in [6, 6.07) is 0.0274. The van der Waals surface area contributed by atoms with E-state index in [0.29, 0.717) is 18.8 Å². The molecule has 3 atom stereocenters. The highest BCUT2D eigenvalue weighted by Gasteiger charge is 2.29. The van der Waals surface area contributed by atoms with Crippen LogP contribution in [0.5, 0.6) is 0 Å². The lowest BCUT2D eigenvalue weighted by molar-refractivity contribution is -0.114. The highest BCUT2D eigenvalue weighted by Crippen LogP contribution is 2.21. The number of alkyl halides is 1. The third-order valence-corrected chi connectivity index (χ3v) is 6.81. The van der Waals surface area contributed by atoms with Crippen molar-refractivity contribution >= 4 is 27.5 Å². The molecule has 1 amide bonds. The molecule has 33 heavy (non-hydrogen) atoms. The van der Waals surface area contributed by atoms with Crippen LogP contribution in [0.4, 0.5) is 0 Å². The van der Waals surface area contributed by atoms with Gasteiger partial charge in [0, 0.05) is 49.3 Å². The highest BCUT2D eigenvalue weighted by atomic mass is 79.9. The molecule has 0 aromatic rings. The number of amides is 1. The molecule has 5 N–H and O–H groups in total. The lowest BCUT2D eigenvalue weighted by atomic mass is 10.1. The topological polar surface area (TPSA) is 107 Å². The SMILES string of the molecule is CCC1=NC(C(N)=O)=C(NC2C=CC(N3CCN(C)CC3)=CC2)NC1OC1=CC(Br)CNC1. The van der Waals surface area contributed by atoms with Gasteiger partial charge in [-0.05, 0) is 32.0 Å². The molecule has 9 nitrogen and oxygen atoms in total. The maximum Gasteiger partial charge on any atom is 0.271 e. The van der Waals surface area contributed by atoms with Gasteiger partial charge in [0.25, 0.3) is 5.91 Å². The van der Waals surface area contributed by atoms with Crippen molar-refractivity contribution in [2.24, 2.45) is 10.7 Å². The number of hydrogen-bond acceptors (Lipinski definition) is 8. The molecular formula is C23H34BrN7O2. The summed E-state index contributed by atoms with van der Waals surface area (Å²) < 4.78 is 6.22. The van der Waals surface area contributed by atoms with Crippen LogP contribution >= 0.6 is 15.9 Å². The van der Waals surface area contributed by atoms with Crippen LogP contribution in [0.1, 0.15) is 19.8 Å². The average molecular weight is 520 g/mol. The number of halogens is 1. The molecule has 1 fully saturated rings. The molecule has 4 rings (SSSR count). The molecule has 3 heterocycles. The van der Waals surface area contributed by atoms with Crippen molar-refractivity contribution in [3.8, 4) is 0 Å². The molecule has 0 radical (unpaired) electrons. The second-order valence-corrected chi connectivity index (χ2v) is 9.91. The normalized spacial score (nSPS) is 28.5. The quantitative estimate of drug-likeness (QED) is 0.367. The van der Waals surface area contributed by atoms with E-state index < -0.39 is 12.1 Å². The molecule has 3 unspecified atom stereocenters. The number of nitrogens with two attached hydrogens (primary N) is 1. The minimum Gasteiger partial charge on any atom is -0.468 e. The lowest BCUT2D eigenvalue weighted by Gasteiger charge is -2.36. The van der Waals surface area contributed by atoms with Crippen molar-refractivity contribution in [1.82, 2.24) is 25.8 Å². The number of ether oxygens (including phenoxy) is 1. The number of carbonyl (C=O) groups is 1. The van der Waals surface area contributed by atoms with E-state index in [1.807, 2.05) is 6.92 Å². The largest absolute Gasteiger partial charge is 0.468 e. The molecule has 1 aliphatic carbocycles. The first kappa shape index (κ1) is 23.8. The highest BCUT2D eigenvalue weighted by molar-refractivity contribution is 9.09. The fraction of sp³-hybridized carbons (Fsp3) is 0.565. The number of piperazine rings is 1. The summed E-state index contributed by atoms with van der Waals surface area (Å²) in [6.07, 6.45) is 9.59. The summed E-state index contributed by atoms with van der Waals surface area (Å²) >= 11 is 3.60. The third-order valence-electron chi connectivity index (χ3n) is 6.22. The fourth-order valence-corrected chi connectivity index (χ4v) is 4.80. The molecule has 0 bridgehead atoms. The van der Waals surface area contributed by atoms with E-state index in [4.69, 9.17) is 10.5 Å². The molecule has 0 saturated carbocycles. The molecule has 180 valence electrons. The van der Waals surface area contributed by atoms with E-state index in [2.05, 4.69) is 78.0 Å². The molecule has 1 saturated heterocycles. The van der Waals surface area contributed by atoms with Crippen molar-refractivity contribution < 1.29 is 9.53 Å². The lowest BCUT2D eigenvalue weighted by Crippen LogP contribution is -2.49. The van der Waals surface area contributed by atoms with Crippen molar-refractivity contribution in [2.75, 3.05) is 46.3 Å². The number of carbonyl (C=O) groups excluding carboxylic acids is 1. The van der Waals surface area contributed by atoms with E-state index >= 15 is 0 Å². The van der Waals surface area contributed by atoms with Crippen LogP contribution in [0.3, 0.4) is 0 Å². The molecule has 4 aliphatic rings. The second-order valence-electron chi connectivity index (χ2n) is 8.73. The maximum absolute atomic E-state index is 12.2. The predicted molar refractivity (Wildman–Crippen MR) is 133 cm³/mol. The van der Waals surface area contributed by atoms with Crippen molar-refractivity contribution in [3.63, 3.8) is 0 Å². The van der Waals surface area contributed by atoms with Crippen LogP contribution in [-0.2, 0) is 9.53 Å². The van der Waals surface area contributed by atoms with E-state index in [0.717, 1.165) is 50.6 Å². The Hall–Kier alpha value is -2.30. The Morgan fingerprint density at radius 1 is 1.36 bits per heavy atom. The summed E-state index contributed by atoms with van der Waals surface area (Å²) in [5.41, 5.74) is 7.88. The molecule has 3 aliphatic heterocycles. The Kier molecular flexibility index (Phi) is 7.77. The number of likely N-dealkylation sites (N-methyl/N-ethyl adjacent to an activating group) is 1. The summed E-state index contributed by atoms with van der Waals surface area (Å²) in [6.45, 7) is 7.73. The summed E-state index contributed by atoms with van der Waals surface area (Å²) in [7, 11) is 2.16. The first-order valence-corrected chi connectivity index (χ1v) is 12.5. The third kappa shape index (κ3) is 5.99. The molecule has 10 heteroatoms. The average Bonchev–Trinajstić information content (AvgIpc) is 2.80. The Morgan fingerprint density at radius 2 is 2.15 bits per heavy atom. The Balaban J connectivity index is 1.44. The number of hydrogen-bond donors (Lipinski definition) is 4. The first-order chi connectivity index (χ1) is 15.9. The number of nitrogens with zero attached hydrogens (tertiary/aromatic N) is 3. The number of rotatable bonds is 7. The molecule has 0 spiro atoms. The minimum absolute atomic E-state index is 0.0274. The van der Waals surface area contributed by atoms with Gasteiger partial charge in [-0.15, -0.1) is 0 Å². The Bertz CT molecular complexity index is 902. The van der Waals surface area contributed by atoms with Gasteiger partial charge < -0.3 is 36.2 Å². The standard InChI is InChI=1S/C23H34BrN7O2/c1-3-19-23(33-18-12-15(24)13-26-14-18)29-22(20(28-19)21(25)32)27-16-4-6-17(7-5-16)31-10-8-30(2)9-11-31/h4,6-7,12,15-16,23,26-27,29H,3,5,8-11,13-14H2,1-2H3,(H2,25,32). The number of nitrogens with one attached hydrogen (secondary N) is 3. The minimum atomic E-state index is -0.568. The zero-order chi connectivity index (χ0) is 23.4. The van der Waals surface area contributed by atoms with Crippen LogP contribution in [0.25, 0.3) is 0 Å². The maximum atomic E-state index is 12.2. The molecular weight excluding hydrogens is 486 g/mol. The van der Waals surface area contributed by atoms with Crippen LogP contribution < -0.4 is 21.7 Å². The van der Waals surface area contributed by atoms with Gasteiger partial charge in [-0.1, -0.05) is 35.0 Å². The summed E-state index contributed by atoms with van der Waals surface area (Å²) in [5, 5.41) is 10.1. The van der Waals surface area contributed by atoms with Gasteiger partial charge in [0.05, 0.1) is 12.3 Å². The van der Waals surface area contributed by atoms with Crippen molar-refractivity contribution in [2.45, 2.75) is 36.9 Å². The predicted octanol–water partition coefficient (Wildman–Crippen LogP) is 0.738. The first-order valence-electron chi connectivity index (χ1n) is 11.6. The van der Waals surface area contributed by atoms with Crippen molar-refractivity contribution in [1.29, 1.82) is 0 Å². The summed E-state index contributed by atoms with van der Waals surface area (Å²) in [4.78, 5) is 21.7. The van der Waals surface area contributed by atoms with E-state index in [1.54, 1.807) is 0 Å². The number of allylic oxidation sites excluding steroid dienone is 1. The van der Waals surface area contributed by atoms with Crippen LogP contribution in [0.2, 0.25) is 0 Å². The van der Waals surface area contributed by atoms with Gasteiger partial charge in [-0.25, -0.2) is 4.99 Å². The zero-order valence-electron chi connectivity index (χ0n) is 19.3. The number of aliphatic imine (C=N–C) groups is 1. The molecule has 0 aromatic carbocycles. The second kappa shape index (κ2) is 10.8. The van der Waals surface area contributed by atoms with Gasteiger partial charge >= 0.3 is 0 Å². The smallest absolute Gasteiger partial charge is 0.271 e. The monoisotopic (exact) mass is 519 g/mol. The molecule has 0 aromatic heterocycles. The van der Waals surface area contributed by atoms with E-state index in [9.17, 15) is 4.79 Å². The number of primary amides is 1. The van der Waals surface area contributed by atoms with Gasteiger partial charge in [0.1, 0.15) is 11.6 Å². The summed E-state index contributed by atoms with van der Waals surface area (Å²) in [5.74, 6) is 0.776. The van der Waals surface area contributed by atoms with E-state index in [-0.39, 0.29) is 16.6 Å². The fourth-order valence-electron chi connectivity index (χ4n) is 4.28. The van der Waals surface area contributed by atoms with E-state index in [1.165, 1.54) is 5.70 Å². The Morgan fingerprint density at radius 3 is 2.79 bits per heavy atom. The van der Waals surface area contributed by atoms with Gasteiger partial charge in [0.2, 0.25) is 6.23 Å². The van der Waals surface area contributed by atoms with Gasteiger partial charge in [-0.3, -0.25) is 4.79 Å². The Labute approximate surface area is 204 Å². The van der Waals surface area contributed by atoms with Crippen molar-refractivity contribution in [3.05, 3.63) is 47.3 Å².